The fraction of sp³-hybridized carbons (Fsp3) is 0.154. The predicted octanol–water partition coefficient (Wildman–Crippen LogP) is 1.96. The van der Waals surface area contributed by atoms with E-state index < -0.39 is 0 Å². The minimum Gasteiger partial charge on any atom is -0.383 e. The third-order valence-corrected chi connectivity index (χ3v) is 2.99. The number of hydrogen-bond donors (Lipinski definition) is 1. The van der Waals surface area contributed by atoms with Crippen molar-refractivity contribution in [1.82, 2.24) is 19.7 Å². The van der Waals surface area contributed by atoms with Crippen molar-refractivity contribution >= 4 is 16.9 Å². The summed E-state index contributed by atoms with van der Waals surface area (Å²) in [5, 5.41) is 5.09. The van der Waals surface area contributed by atoms with Crippen LogP contribution in [0.4, 0.5) is 5.82 Å². The minimum absolute atomic E-state index is 0.455. The predicted molar refractivity (Wildman–Crippen MR) is 70.5 cm³/mol. The average molecular weight is 239 g/mol. The molecule has 0 aliphatic carbocycles. The number of aromatic nitrogens is 4. The van der Waals surface area contributed by atoms with Crippen LogP contribution >= 0.6 is 0 Å². The molecule has 0 bridgehead atoms. The fourth-order valence-electron chi connectivity index (χ4n) is 1.92. The lowest BCUT2D eigenvalue weighted by atomic mass is 10.1. The van der Waals surface area contributed by atoms with E-state index in [2.05, 4.69) is 34.1 Å². The van der Waals surface area contributed by atoms with Crippen molar-refractivity contribution in [2.24, 2.45) is 0 Å². The average Bonchev–Trinajstić information content (AvgIpc) is 2.84. The molecule has 3 rings (SSSR count). The van der Waals surface area contributed by atoms with Gasteiger partial charge in [0.15, 0.2) is 5.65 Å². The fourth-order valence-corrected chi connectivity index (χ4v) is 1.92. The summed E-state index contributed by atoms with van der Waals surface area (Å²) in [6.07, 6.45) is 4.17. The Labute approximate surface area is 104 Å². The summed E-state index contributed by atoms with van der Waals surface area (Å²) in [6, 6.07) is 8.24. The van der Waals surface area contributed by atoms with Crippen molar-refractivity contribution in [3.05, 3.63) is 42.4 Å². The van der Waals surface area contributed by atoms with Crippen LogP contribution < -0.4 is 5.73 Å². The van der Waals surface area contributed by atoms with E-state index in [1.54, 1.807) is 10.9 Å². The maximum atomic E-state index is 5.79. The molecule has 0 saturated heterocycles. The van der Waals surface area contributed by atoms with Crippen LogP contribution in [0.2, 0.25) is 0 Å². The highest BCUT2D eigenvalue weighted by atomic mass is 15.3. The number of hydrogen-bond acceptors (Lipinski definition) is 4. The first-order valence-corrected chi connectivity index (χ1v) is 5.83. The van der Waals surface area contributed by atoms with E-state index in [0.29, 0.717) is 5.82 Å². The van der Waals surface area contributed by atoms with Crippen LogP contribution in [-0.2, 0) is 6.42 Å². The van der Waals surface area contributed by atoms with E-state index in [1.165, 1.54) is 11.9 Å². The van der Waals surface area contributed by atoms with Crippen LogP contribution in [0.5, 0.6) is 0 Å². The first kappa shape index (κ1) is 10.7. The summed E-state index contributed by atoms with van der Waals surface area (Å²) < 4.78 is 1.77. The Balaban J connectivity index is 2.16. The molecule has 18 heavy (non-hydrogen) atoms. The van der Waals surface area contributed by atoms with Gasteiger partial charge in [-0.1, -0.05) is 19.1 Å². The van der Waals surface area contributed by atoms with Crippen molar-refractivity contribution in [2.75, 3.05) is 5.73 Å². The third kappa shape index (κ3) is 1.60. The van der Waals surface area contributed by atoms with Crippen LogP contribution in [0.3, 0.4) is 0 Å². The molecule has 0 saturated carbocycles. The van der Waals surface area contributed by atoms with Crippen LogP contribution in [-0.4, -0.2) is 19.7 Å². The molecular weight excluding hydrogens is 226 g/mol. The Kier molecular flexibility index (Phi) is 2.44. The van der Waals surface area contributed by atoms with Crippen molar-refractivity contribution in [3.63, 3.8) is 0 Å². The molecule has 0 atom stereocenters. The summed E-state index contributed by atoms with van der Waals surface area (Å²) in [5.41, 5.74) is 8.79. The number of nitrogen functional groups attached to an aromatic ring is 1. The second-order valence-corrected chi connectivity index (χ2v) is 4.07. The quantitative estimate of drug-likeness (QED) is 0.742. The van der Waals surface area contributed by atoms with Crippen LogP contribution in [0.15, 0.2) is 36.8 Å². The third-order valence-electron chi connectivity index (χ3n) is 2.99. The number of benzene rings is 1. The highest BCUT2D eigenvalue weighted by Gasteiger charge is 2.08. The molecule has 0 fully saturated rings. The molecule has 1 aromatic carbocycles. The molecule has 5 heteroatoms. The molecule has 2 N–H and O–H groups in total. The number of fused-ring (bicyclic) bond motifs is 1. The van der Waals surface area contributed by atoms with Gasteiger partial charge in [0.05, 0.1) is 17.3 Å². The molecule has 2 heterocycles. The molecule has 3 aromatic rings. The second kappa shape index (κ2) is 4.10. The summed E-state index contributed by atoms with van der Waals surface area (Å²) in [7, 11) is 0. The van der Waals surface area contributed by atoms with Crippen molar-refractivity contribution in [3.8, 4) is 5.69 Å². The van der Waals surface area contributed by atoms with Crippen molar-refractivity contribution in [2.45, 2.75) is 13.3 Å². The van der Waals surface area contributed by atoms with Crippen molar-refractivity contribution in [1.29, 1.82) is 0 Å². The standard InChI is InChI=1S/C13H13N5/c1-2-9-3-5-10(6-4-9)18-13-11(7-17-18)12(14)15-8-16-13/h3-8H,2H2,1H3,(H2,14,15,16). The first-order chi connectivity index (χ1) is 8.79. The zero-order chi connectivity index (χ0) is 12.5. The number of anilines is 1. The Morgan fingerprint density at radius 3 is 2.67 bits per heavy atom. The minimum atomic E-state index is 0.455. The number of nitrogens with zero attached hydrogens (tertiary/aromatic N) is 4. The van der Waals surface area contributed by atoms with Gasteiger partial charge in [-0.15, -0.1) is 0 Å². The van der Waals surface area contributed by atoms with E-state index in [4.69, 9.17) is 5.73 Å². The zero-order valence-corrected chi connectivity index (χ0v) is 10.0. The zero-order valence-electron chi connectivity index (χ0n) is 10.0. The van der Waals surface area contributed by atoms with Gasteiger partial charge in [0.1, 0.15) is 12.1 Å². The Morgan fingerprint density at radius 1 is 1.17 bits per heavy atom. The highest BCUT2D eigenvalue weighted by Crippen LogP contribution is 2.19. The number of rotatable bonds is 2. The molecular formula is C13H13N5. The van der Waals surface area contributed by atoms with Gasteiger partial charge >= 0.3 is 0 Å². The monoisotopic (exact) mass is 239 g/mol. The summed E-state index contributed by atoms with van der Waals surface area (Å²) in [4.78, 5) is 8.19. The van der Waals surface area contributed by atoms with Crippen LogP contribution in [0, 0.1) is 0 Å². The topological polar surface area (TPSA) is 69.6 Å². The molecule has 0 amide bonds. The maximum absolute atomic E-state index is 5.79. The maximum Gasteiger partial charge on any atom is 0.168 e. The lowest BCUT2D eigenvalue weighted by molar-refractivity contribution is 0.893. The molecule has 0 spiro atoms. The van der Waals surface area contributed by atoms with Gasteiger partial charge in [-0.05, 0) is 24.1 Å². The van der Waals surface area contributed by atoms with E-state index in [-0.39, 0.29) is 0 Å². The SMILES string of the molecule is CCc1ccc(-n2ncc3c(N)ncnc32)cc1. The Hall–Kier alpha value is -2.43. The molecule has 5 nitrogen and oxygen atoms in total. The summed E-state index contributed by atoms with van der Waals surface area (Å²) in [5.74, 6) is 0.455. The normalized spacial score (nSPS) is 10.9. The number of aryl methyl sites for hydroxylation is 1. The molecule has 0 unspecified atom stereocenters. The molecule has 0 aliphatic heterocycles. The molecule has 0 radical (unpaired) electrons. The first-order valence-electron chi connectivity index (χ1n) is 5.83. The second-order valence-electron chi connectivity index (χ2n) is 4.07. The van der Waals surface area contributed by atoms with E-state index in [0.717, 1.165) is 23.1 Å². The lowest BCUT2D eigenvalue weighted by Gasteiger charge is -2.04. The van der Waals surface area contributed by atoms with Crippen LogP contribution in [0.1, 0.15) is 12.5 Å². The van der Waals surface area contributed by atoms with Gasteiger partial charge < -0.3 is 5.73 Å². The number of nitrogens with two attached hydrogens (primary N) is 1. The highest BCUT2D eigenvalue weighted by molar-refractivity contribution is 5.85. The molecule has 2 aromatic heterocycles. The van der Waals surface area contributed by atoms with E-state index >= 15 is 0 Å². The van der Waals surface area contributed by atoms with Gasteiger partial charge in [-0.2, -0.15) is 5.10 Å². The van der Waals surface area contributed by atoms with Gasteiger partial charge in [-0.25, -0.2) is 14.6 Å². The van der Waals surface area contributed by atoms with Gasteiger partial charge in [-0.3, -0.25) is 0 Å². The Morgan fingerprint density at radius 2 is 1.94 bits per heavy atom. The van der Waals surface area contributed by atoms with Gasteiger partial charge in [0.2, 0.25) is 0 Å². The summed E-state index contributed by atoms with van der Waals surface area (Å²) >= 11 is 0. The summed E-state index contributed by atoms with van der Waals surface area (Å²) in [6.45, 7) is 2.13. The van der Waals surface area contributed by atoms with E-state index in [1.807, 2.05) is 12.1 Å². The van der Waals surface area contributed by atoms with Gasteiger partial charge in [0, 0.05) is 0 Å². The molecule has 0 aliphatic rings. The smallest absolute Gasteiger partial charge is 0.168 e. The van der Waals surface area contributed by atoms with Gasteiger partial charge in [0.25, 0.3) is 0 Å². The van der Waals surface area contributed by atoms with Crippen LogP contribution in [0.25, 0.3) is 16.7 Å². The lowest BCUT2D eigenvalue weighted by Crippen LogP contribution is -1.99. The van der Waals surface area contributed by atoms with Crippen molar-refractivity contribution < 1.29 is 0 Å². The Bertz CT molecular complexity index is 684. The largest absolute Gasteiger partial charge is 0.383 e. The van der Waals surface area contributed by atoms with E-state index in [9.17, 15) is 0 Å². The molecule has 90 valence electrons.